The Hall–Kier alpha value is -2.82. The van der Waals surface area contributed by atoms with E-state index in [4.69, 9.17) is 0 Å². The standard InChI is InChI=1S/C37H3Br8F15N4/c38-7-9(40)32-5(2-17(48)23(54)28(59)24(55)18(2)49)34-11(42)13(44)36(63-34)37-14(45)12(43)35(64-37)6(3-19(50)25(56)29(60)26(57)20(3)51)33-10(41)8(39)31(62-33)4(30(7)61-32)1-15(46)21(52)27(58)22(53)16(1)47/h61-63H. The van der Waals surface area contributed by atoms with E-state index < -0.39 is 172 Å². The third-order valence-corrected chi connectivity index (χ3v) is 18.0. The van der Waals surface area contributed by atoms with Gasteiger partial charge in [0, 0.05) is 16.7 Å². The van der Waals surface area contributed by atoms with E-state index in [0.29, 0.717) is 0 Å². The molecule has 1 aliphatic heterocycles. The van der Waals surface area contributed by atoms with Gasteiger partial charge in [0.25, 0.3) is 0 Å². The fourth-order valence-corrected chi connectivity index (χ4v) is 10.6. The molecule has 0 unspecified atom stereocenters. The third kappa shape index (κ3) is 6.68. The number of H-pyrrole nitrogens is 3. The maximum atomic E-state index is 16.2. The number of benzene rings is 3. The number of hydrogen-bond donors (Lipinski definition) is 3. The van der Waals surface area contributed by atoms with Crippen LogP contribution in [0.15, 0.2) is 26.8 Å². The first kappa shape index (κ1) is 47.7. The van der Waals surface area contributed by atoms with E-state index in [0.717, 1.165) is 0 Å². The van der Waals surface area contributed by atoms with Gasteiger partial charge in [0.15, 0.2) is 69.8 Å². The molecule has 0 saturated heterocycles. The van der Waals surface area contributed by atoms with Gasteiger partial charge in [-0.15, -0.1) is 0 Å². The van der Waals surface area contributed by atoms with E-state index >= 15 is 52.7 Å². The van der Waals surface area contributed by atoms with Crippen molar-refractivity contribution in [1.29, 1.82) is 0 Å². The highest BCUT2D eigenvalue weighted by atomic mass is 79.9. The number of rotatable bonds is 3. The summed E-state index contributed by atoms with van der Waals surface area (Å²) < 4.78 is 228. The second-order valence-electron chi connectivity index (χ2n) is 12.9. The highest BCUT2D eigenvalue weighted by Gasteiger charge is 2.37. The van der Waals surface area contributed by atoms with Crippen LogP contribution >= 0.6 is 127 Å². The molecule has 5 heterocycles. The van der Waals surface area contributed by atoms with Crippen molar-refractivity contribution >= 4 is 170 Å². The summed E-state index contributed by atoms with van der Waals surface area (Å²) in [5.74, 6) is -37.5. The van der Waals surface area contributed by atoms with E-state index in [9.17, 15) is 13.2 Å². The van der Waals surface area contributed by atoms with Crippen LogP contribution in [0.1, 0.15) is 11.4 Å². The average Bonchev–Trinajstić information content (AvgIpc) is 3.93. The van der Waals surface area contributed by atoms with Crippen molar-refractivity contribution < 1.29 is 65.9 Å². The summed E-state index contributed by atoms with van der Waals surface area (Å²) >= 11 is 25.3. The molecule has 0 aliphatic carbocycles. The third-order valence-electron chi connectivity index (χ3n) is 9.58. The molecular formula is C37H3Br8F15N4. The lowest BCUT2D eigenvalue weighted by molar-refractivity contribution is 0.381. The summed E-state index contributed by atoms with van der Waals surface area (Å²) in [6.45, 7) is 0. The van der Waals surface area contributed by atoms with Gasteiger partial charge >= 0.3 is 0 Å². The van der Waals surface area contributed by atoms with Crippen molar-refractivity contribution in [1.82, 2.24) is 19.9 Å². The monoisotopic (exact) mass is 1420 g/mol. The van der Waals surface area contributed by atoms with Gasteiger partial charge in [-0.05, 0) is 127 Å². The van der Waals surface area contributed by atoms with Crippen molar-refractivity contribution in [2.45, 2.75) is 0 Å². The SMILES string of the molecule is Fc1c(F)c(F)c(-c2c3nc(c4[nH]c(c(Br)c4Br)c(-c4c(F)c(F)c(F)c(F)c4F)c4[nH]c(c(Br)c4Br)c(-c4c(F)c(F)c(F)c(F)c4F)c4[nH]c2c(Br)c4Br)C(Br)=C3Br)c(F)c1F. The van der Waals surface area contributed by atoms with Crippen LogP contribution in [0, 0.1) is 87.3 Å². The van der Waals surface area contributed by atoms with Crippen LogP contribution in [0.25, 0.3) is 75.4 Å². The average molecular weight is 1430 g/mol. The van der Waals surface area contributed by atoms with Crippen LogP contribution in [0.3, 0.4) is 0 Å². The van der Waals surface area contributed by atoms with Crippen LogP contribution < -0.4 is 0 Å². The van der Waals surface area contributed by atoms with E-state index in [-0.39, 0.29) is 29.1 Å². The Morgan fingerprint density at radius 1 is 0.234 bits per heavy atom. The zero-order chi connectivity index (χ0) is 47.2. The molecule has 8 rings (SSSR count). The lowest BCUT2D eigenvalue weighted by Gasteiger charge is -2.11. The molecule has 0 saturated carbocycles. The van der Waals surface area contributed by atoms with Crippen molar-refractivity contribution in [3.05, 3.63) is 125 Å². The quantitative estimate of drug-likeness (QED) is 0.0922. The Morgan fingerprint density at radius 3 is 0.734 bits per heavy atom. The molecule has 0 fully saturated rings. The molecule has 0 radical (unpaired) electrons. The van der Waals surface area contributed by atoms with Crippen LogP contribution in [0.5, 0.6) is 0 Å². The second-order valence-corrected chi connectivity index (χ2v) is 19.2. The van der Waals surface area contributed by atoms with Crippen LogP contribution in [0.2, 0.25) is 0 Å². The zero-order valence-corrected chi connectivity index (χ0v) is 41.8. The van der Waals surface area contributed by atoms with Gasteiger partial charge in [-0.25, -0.2) is 70.8 Å². The summed E-state index contributed by atoms with van der Waals surface area (Å²) in [7, 11) is 0. The number of aromatic amines is 3. The van der Waals surface area contributed by atoms with Gasteiger partial charge in [-0.2, -0.15) is 0 Å². The Labute approximate surface area is 410 Å². The molecule has 4 aromatic heterocycles. The van der Waals surface area contributed by atoms with Crippen molar-refractivity contribution in [2.24, 2.45) is 0 Å². The summed E-state index contributed by atoms with van der Waals surface area (Å²) in [6.07, 6.45) is 0. The van der Waals surface area contributed by atoms with E-state index in [1.807, 2.05) is 0 Å². The lowest BCUT2D eigenvalue weighted by atomic mass is 10.0. The fourth-order valence-electron chi connectivity index (χ4n) is 6.72. The van der Waals surface area contributed by atoms with E-state index in [2.05, 4.69) is 147 Å². The van der Waals surface area contributed by atoms with Gasteiger partial charge < -0.3 is 15.0 Å². The van der Waals surface area contributed by atoms with Crippen LogP contribution in [-0.2, 0) is 0 Å². The Morgan fingerprint density at radius 2 is 0.438 bits per heavy atom. The molecule has 0 atom stereocenters. The summed E-state index contributed by atoms with van der Waals surface area (Å²) in [5, 5.41) is 0. The van der Waals surface area contributed by atoms with Crippen LogP contribution in [0.4, 0.5) is 65.9 Å². The molecule has 3 N–H and O–H groups in total. The predicted octanol–water partition coefficient (Wildman–Crippen LogP) is 17.8. The highest BCUT2D eigenvalue weighted by Crippen LogP contribution is 2.53. The molecule has 332 valence electrons. The molecule has 4 nitrogen and oxygen atoms in total. The minimum absolute atomic E-state index is 0.173. The zero-order valence-electron chi connectivity index (χ0n) is 29.1. The second kappa shape index (κ2) is 16.7. The summed E-state index contributed by atoms with van der Waals surface area (Å²) in [4.78, 5) is 12.1. The Kier molecular flexibility index (Phi) is 12.5. The summed E-state index contributed by atoms with van der Waals surface area (Å²) in [5.41, 5.74) is -13.4. The van der Waals surface area contributed by atoms with Crippen LogP contribution in [-0.4, -0.2) is 19.9 Å². The molecule has 64 heavy (non-hydrogen) atoms. The Bertz CT molecular complexity index is 3420. The van der Waals surface area contributed by atoms with E-state index in [1.54, 1.807) is 0 Å². The van der Waals surface area contributed by atoms with E-state index in [1.165, 1.54) is 0 Å². The van der Waals surface area contributed by atoms with Crippen molar-refractivity contribution in [2.75, 3.05) is 0 Å². The first-order chi connectivity index (χ1) is 29.9. The predicted molar refractivity (Wildman–Crippen MR) is 233 cm³/mol. The highest BCUT2D eigenvalue weighted by molar-refractivity contribution is 9.18. The first-order valence-corrected chi connectivity index (χ1v) is 22.6. The maximum absolute atomic E-state index is 16.2. The van der Waals surface area contributed by atoms with Gasteiger partial charge in [-0.3, -0.25) is 0 Å². The van der Waals surface area contributed by atoms with Gasteiger partial charge in [0.1, 0.15) is 5.69 Å². The maximum Gasteiger partial charge on any atom is 0.200 e. The molecule has 0 spiro atoms. The number of nitrogens with one attached hydrogen (secondary N) is 3. The molecule has 1 aliphatic rings. The topological polar surface area (TPSA) is 60.3 Å². The number of aromatic nitrogens is 4. The first-order valence-electron chi connectivity index (χ1n) is 16.3. The number of nitrogens with zero attached hydrogens (tertiary/aromatic N) is 1. The minimum atomic E-state index is -2.65. The molecule has 27 heteroatoms. The van der Waals surface area contributed by atoms with Gasteiger partial charge in [-0.1, -0.05) is 0 Å². The van der Waals surface area contributed by atoms with Crippen molar-refractivity contribution in [3.8, 4) is 33.4 Å². The Balaban J connectivity index is 1.82. The minimum Gasteiger partial charge on any atom is -0.352 e. The molecular weight excluding hydrogens is 1420 g/mol. The molecule has 3 aromatic carbocycles. The van der Waals surface area contributed by atoms with Gasteiger partial charge in [0.05, 0.1) is 91.3 Å². The number of halogens is 23. The van der Waals surface area contributed by atoms with Crippen molar-refractivity contribution in [3.63, 3.8) is 0 Å². The molecule has 0 amide bonds. The number of fused-ring (bicyclic) bond motifs is 9. The molecule has 7 aromatic rings. The fraction of sp³-hybridized carbons (Fsp3) is 0. The smallest absolute Gasteiger partial charge is 0.200 e. The largest absolute Gasteiger partial charge is 0.352 e. The van der Waals surface area contributed by atoms with Gasteiger partial charge in [0.2, 0.25) is 17.5 Å². The normalized spacial score (nSPS) is 12.5. The lowest BCUT2D eigenvalue weighted by Crippen LogP contribution is -2.05. The summed E-state index contributed by atoms with van der Waals surface area (Å²) in [6, 6.07) is 0. The molecule has 8 bridgehead atoms. The number of hydrogen-bond acceptors (Lipinski definition) is 1.